The summed E-state index contributed by atoms with van der Waals surface area (Å²) in [4.78, 5) is 0. The lowest BCUT2D eigenvalue weighted by molar-refractivity contribution is 0.121. The van der Waals surface area contributed by atoms with Gasteiger partial charge in [-0.05, 0) is 41.8 Å². The summed E-state index contributed by atoms with van der Waals surface area (Å²) in [5.74, 6) is -0.572. The van der Waals surface area contributed by atoms with Crippen molar-refractivity contribution in [2.24, 2.45) is 0 Å². The number of ether oxygens (including phenoxy) is 1. The van der Waals surface area contributed by atoms with E-state index < -0.39 is 16.1 Å². The summed E-state index contributed by atoms with van der Waals surface area (Å²) >= 11 is 0. The number of nitrogens with zero attached hydrogens (tertiary/aromatic N) is 1. The molecular weight excluding hydrogens is 355 g/mol. The third kappa shape index (κ3) is 3.90. The standard InChI is InChI=1S/C19H23FN2O3S/c1-14-4-3-5-18-17(14)12-21-10-11-22(18)26(23,24)13-19(25-2)15-6-8-16(20)9-7-15/h3-9,19,21H,10-13H2,1-2H3. The molecule has 2 aromatic carbocycles. The summed E-state index contributed by atoms with van der Waals surface area (Å²) in [5, 5.41) is 3.27. The molecule has 1 unspecified atom stereocenters. The first-order chi connectivity index (χ1) is 12.4. The molecule has 0 saturated heterocycles. The Morgan fingerprint density at radius 1 is 1.23 bits per heavy atom. The van der Waals surface area contributed by atoms with Crippen molar-refractivity contribution in [3.05, 3.63) is 65.0 Å². The Bertz CT molecular complexity index is 869. The Balaban J connectivity index is 1.92. The molecule has 1 atom stereocenters. The molecular formula is C19H23FN2O3S. The van der Waals surface area contributed by atoms with E-state index in [1.807, 2.05) is 25.1 Å². The lowest BCUT2D eigenvalue weighted by Gasteiger charge is -2.27. The molecule has 0 spiro atoms. The van der Waals surface area contributed by atoms with E-state index in [1.165, 1.54) is 23.5 Å². The van der Waals surface area contributed by atoms with Crippen molar-refractivity contribution in [1.82, 2.24) is 5.32 Å². The molecule has 0 bridgehead atoms. The number of sulfonamides is 1. The fourth-order valence-corrected chi connectivity index (χ4v) is 4.94. The fourth-order valence-electron chi connectivity index (χ4n) is 3.21. The third-order valence-corrected chi connectivity index (χ3v) is 6.45. The summed E-state index contributed by atoms with van der Waals surface area (Å²) < 4.78 is 46.4. The number of aryl methyl sites for hydroxylation is 1. The number of fused-ring (bicyclic) bond motifs is 1. The van der Waals surface area contributed by atoms with Crippen molar-refractivity contribution in [2.75, 3.05) is 30.3 Å². The first-order valence-electron chi connectivity index (χ1n) is 8.50. The van der Waals surface area contributed by atoms with Crippen LogP contribution in [0.25, 0.3) is 0 Å². The molecule has 1 aliphatic rings. The maximum Gasteiger partial charge on any atom is 0.238 e. The van der Waals surface area contributed by atoms with Gasteiger partial charge in [-0.2, -0.15) is 0 Å². The van der Waals surface area contributed by atoms with Crippen LogP contribution in [0.15, 0.2) is 42.5 Å². The first-order valence-corrected chi connectivity index (χ1v) is 10.1. The Morgan fingerprint density at radius 3 is 2.65 bits per heavy atom. The molecule has 0 saturated carbocycles. The minimum absolute atomic E-state index is 0.206. The van der Waals surface area contributed by atoms with Crippen LogP contribution < -0.4 is 9.62 Å². The lowest BCUT2D eigenvalue weighted by Crippen LogP contribution is -2.38. The predicted octanol–water partition coefficient (Wildman–Crippen LogP) is 2.76. The van der Waals surface area contributed by atoms with E-state index in [0.29, 0.717) is 30.9 Å². The second kappa shape index (κ2) is 7.73. The smallest absolute Gasteiger partial charge is 0.238 e. The number of nitrogens with one attached hydrogen (secondary N) is 1. The van der Waals surface area contributed by atoms with Crippen LogP contribution in [-0.4, -0.2) is 34.4 Å². The quantitative estimate of drug-likeness (QED) is 0.869. The number of hydrogen-bond acceptors (Lipinski definition) is 4. The number of halogens is 1. The highest BCUT2D eigenvalue weighted by Gasteiger charge is 2.30. The van der Waals surface area contributed by atoms with Gasteiger partial charge in [0.15, 0.2) is 0 Å². The van der Waals surface area contributed by atoms with E-state index >= 15 is 0 Å². The van der Waals surface area contributed by atoms with Gasteiger partial charge in [-0.3, -0.25) is 4.31 Å². The fraction of sp³-hybridized carbons (Fsp3) is 0.368. The third-order valence-electron chi connectivity index (χ3n) is 4.67. The summed E-state index contributed by atoms with van der Waals surface area (Å²) in [6, 6.07) is 11.4. The highest BCUT2D eigenvalue weighted by Crippen LogP contribution is 2.30. The van der Waals surface area contributed by atoms with E-state index in [1.54, 1.807) is 12.1 Å². The Morgan fingerprint density at radius 2 is 1.96 bits per heavy atom. The van der Waals surface area contributed by atoms with Crippen molar-refractivity contribution >= 4 is 15.7 Å². The second-order valence-corrected chi connectivity index (χ2v) is 8.31. The second-order valence-electron chi connectivity index (χ2n) is 6.38. The number of anilines is 1. The van der Waals surface area contributed by atoms with E-state index in [-0.39, 0.29) is 11.6 Å². The molecule has 0 aromatic heterocycles. The van der Waals surface area contributed by atoms with Crippen molar-refractivity contribution in [3.8, 4) is 0 Å². The molecule has 1 heterocycles. The van der Waals surface area contributed by atoms with Gasteiger partial charge >= 0.3 is 0 Å². The minimum atomic E-state index is -3.63. The molecule has 1 aliphatic heterocycles. The highest BCUT2D eigenvalue weighted by molar-refractivity contribution is 7.92. The van der Waals surface area contributed by atoms with Gasteiger partial charge in [-0.15, -0.1) is 0 Å². The normalized spacial score (nSPS) is 16.0. The maximum atomic E-state index is 13.2. The highest BCUT2D eigenvalue weighted by atomic mass is 32.2. The lowest BCUT2D eigenvalue weighted by atomic mass is 10.1. The van der Waals surface area contributed by atoms with E-state index in [4.69, 9.17) is 4.74 Å². The maximum absolute atomic E-state index is 13.2. The zero-order chi connectivity index (χ0) is 18.7. The van der Waals surface area contributed by atoms with E-state index in [0.717, 1.165) is 11.1 Å². The van der Waals surface area contributed by atoms with Gasteiger partial charge < -0.3 is 10.1 Å². The molecule has 0 radical (unpaired) electrons. The Kier molecular flexibility index (Phi) is 5.60. The van der Waals surface area contributed by atoms with Crippen LogP contribution >= 0.6 is 0 Å². The minimum Gasteiger partial charge on any atom is -0.376 e. The van der Waals surface area contributed by atoms with Gasteiger partial charge in [0.2, 0.25) is 10.0 Å². The Hall–Kier alpha value is -1.96. The largest absolute Gasteiger partial charge is 0.376 e. The molecule has 2 aromatic rings. The molecule has 1 N–H and O–H groups in total. The Labute approximate surface area is 153 Å². The van der Waals surface area contributed by atoms with E-state index in [2.05, 4.69) is 5.32 Å². The number of rotatable bonds is 5. The van der Waals surface area contributed by atoms with Crippen molar-refractivity contribution in [3.63, 3.8) is 0 Å². The molecule has 0 amide bonds. The zero-order valence-electron chi connectivity index (χ0n) is 14.9. The van der Waals surface area contributed by atoms with Crippen molar-refractivity contribution in [1.29, 1.82) is 0 Å². The number of methoxy groups -OCH3 is 1. The van der Waals surface area contributed by atoms with Crippen LogP contribution in [0, 0.1) is 12.7 Å². The van der Waals surface area contributed by atoms with Crippen LogP contribution in [0.3, 0.4) is 0 Å². The molecule has 7 heteroatoms. The van der Waals surface area contributed by atoms with Crippen LogP contribution in [0.4, 0.5) is 10.1 Å². The monoisotopic (exact) mass is 378 g/mol. The molecule has 0 fully saturated rings. The zero-order valence-corrected chi connectivity index (χ0v) is 15.7. The SMILES string of the molecule is COC(CS(=O)(=O)N1CCNCc2c(C)cccc21)c1ccc(F)cc1. The van der Waals surface area contributed by atoms with Gasteiger partial charge in [0.1, 0.15) is 5.82 Å². The molecule has 26 heavy (non-hydrogen) atoms. The summed E-state index contributed by atoms with van der Waals surface area (Å²) in [7, 11) is -2.17. The van der Waals surface area contributed by atoms with Gasteiger partial charge in [0, 0.05) is 26.7 Å². The summed E-state index contributed by atoms with van der Waals surface area (Å²) in [6.45, 7) is 3.55. The average molecular weight is 378 g/mol. The van der Waals surface area contributed by atoms with Gasteiger partial charge in [0.25, 0.3) is 0 Å². The van der Waals surface area contributed by atoms with Gasteiger partial charge in [0.05, 0.1) is 17.5 Å². The molecule has 0 aliphatic carbocycles. The molecule has 5 nitrogen and oxygen atoms in total. The topological polar surface area (TPSA) is 58.6 Å². The molecule has 3 rings (SSSR count). The molecule has 140 valence electrons. The first kappa shape index (κ1) is 18.8. The van der Waals surface area contributed by atoms with Crippen LogP contribution in [0.1, 0.15) is 22.8 Å². The van der Waals surface area contributed by atoms with E-state index in [9.17, 15) is 12.8 Å². The number of benzene rings is 2. The average Bonchev–Trinajstić information content (AvgIpc) is 2.84. The van der Waals surface area contributed by atoms with Crippen LogP contribution in [0.5, 0.6) is 0 Å². The van der Waals surface area contributed by atoms with Crippen LogP contribution in [0.2, 0.25) is 0 Å². The van der Waals surface area contributed by atoms with Crippen molar-refractivity contribution < 1.29 is 17.5 Å². The van der Waals surface area contributed by atoms with Gasteiger partial charge in [-0.25, -0.2) is 12.8 Å². The number of hydrogen-bond donors (Lipinski definition) is 1. The predicted molar refractivity (Wildman–Crippen MR) is 100 cm³/mol. The van der Waals surface area contributed by atoms with Crippen LogP contribution in [-0.2, 0) is 21.3 Å². The summed E-state index contributed by atoms with van der Waals surface area (Å²) in [6.07, 6.45) is -0.662. The summed E-state index contributed by atoms with van der Waals surface area (Å²) in [5.41, 5.74) is 3.39. The van der Waals surface area contributed by atoms with Crippen molar-refractivity contribution in [2.45, 2.75) is 19.6 Å². The van der Waals surface area contributed by atoms with Gasteiger partial charge in [-0.1, -0.05) is 24.3 Å².